The fourth-order valence-electron chi connectivity index (χ4n) is 2.31. The lowest BCUT2D eigenvalue weighted by molar-refractivity contribution is -0.120. The third-order valence-electron chi connectivity index (χ3n) is 3.64. The summed E-state index contributed by atoms with van der Waals surface area (Å²) < 4.78 is 9.77. The summed E-state index contributed by atoms with van der Waals surface area (Å²) in [6.07, 6.45) is 0. The van der Waals surface area contributed by atoms with Crippen molar-refractivity contribution in [1.82, 2.24) is 0 Å². The Labute approximate surface area is 151 Å². The lowest BCUT2D eigenvalue weighted by atomic mass is 10.2. The molecule has 0 bridgehead atoms. The molecule has 7 heteroatoms. The Kier molecular flexibility index (Phi) is 6.32. The van der Waals surface area contributed by atoms with Gasteiger partial charge in [0.15, 0.2) is 0 Å². The maximum absolute atomic E-state index is 12.3. The molecule has 0 atom stereocenters. The van der Waals surface area contributed by atoms with Gasteiger partial charge in [-0.25, -0.2) is 4.79 Å². The first-order valence-electron chi connectivity index (χ1n) is 7.85. The summed E-state index contributed by atoms with van der Waals surface area (Å²) in [6, 6.07) is 13.2. The Bertz CT molecular complexity index is 802. The van der Waals surface area contributed by atoms with Gasteiger partial charge in [-0.2, -0.15) is 0 Å². The van der Waals surface area contributed by atoms with Crippen LogP contribution in [0.3, 0.4) is 0 Å². The van der Waals surface area contributed by atoms with Crippen molar-refractivity contribution in [3.05, 3.63) is 54.1 Å². The second-order valence-corrected chi connectivity index (χ2v) is 5.42. The normalized spacial score (nSPS) is 9.96. The molecule has 7 nitrogen and oxygen atoms in total. The van der Waals surface area contributed by atoms with Gasteiger partial charge in [-0.15, -0.1) is 0 Å². The van der Waals surface area contributed by atoms with Gasteiger partial charge in [-0.3, -0.25) is 9.59 Å². The standard InChI is InChI=1S/C19H20N2O5/c1-13(22)21(16-5-4-6-17(11-16)25-2)12-18(23)20-15-9-7-14(8-10-15)19(24)26-3/h4-11H,12H2,1-3H3,(H,20,23). The minimum atomic E-state index is -0.455. The van der Waals surface area contributed by atoms with Crippen LogP contribution in [-0.2, 0) is 14.3 Å². The minimum Gasteiger partial charge on any atom is -0.497 e. The number of methoxy groups -OCH3 is 2. The molecule has 0 fully saturated rings. The Balaban J connectivity index is 2.08. The van der Waals surface area contributed by atoms with E-state index in [2.05, 4.69) is 10.1 Å². The molecule has 0 aliphatic carbocycles. The van der Waals surface area contributed by atoms with Crippen LogP contribution in [0.15, 0.2) is 48.5 Å². The Morgan fingerprint density at radius 3 is 2.31 bits per heavy atom. The molecule has 0 radical (unpaired) electrons. The predicted molar refractivity (Wildman–Crippen MR) is 97.4 cm³/mol. The maximum atomic E-state index is 12.3. The van der Waals surface area contributed by atoms with E-state index in [1.165, 1.54) is 26.0 Å². The molecule has 0 saturated heterocycles. The van der Waals surface area contributed by atoms with Crippen LogP contribution in [-0.4, -0.2) is 38.5 Å². The van der Waals surface area contributed by atoms with Crippen molar-refractivity contribution in [2.45, 2.75) is 6.92 Å². The summed E-state index contributed by atoms with van der Waals surface area (Å²) >= 11 is 0. The number of carbonyl (C=O) groups is 3. The smallest absolute Gasteiger partial charge is 0.337 e. The first-order chi connectivity index (χ1) is 12.4. The van der Waals surface area contributed by atoms with E-state index in [0.717, 1.165) is 0 Å². The van der Waals surface area contributed by atoms with E-state index in [9.17, 15) is 14.4 Å². The average Bonchev–Trinajstić information content (AvgIpc) is 2.65. The van der Waals surface area contributed by atoms with E-state index < -0.39 is 5.97 Å². The van der Waals surface area contributed by atoms with Gasteiger partial charge >= 0.3 is 5.97 Å². The number of hydrogen-bond donors (Lipinski definition) is 1. The molecule has 2 rings (SSSR count). The van der Waals surface area contributed by atoms with Crippen LogP contribution >= 0.6 is 0 Å². The van der Waals surface area contributed by atoms with Gasteiger partial charge in [0.25, 0.3) is 0 Å². The van der Waals surface area contributed by atoms with Crippen LogP contribution in [0.25, 0.3) is 0 Å². The zero-order valence-electron chi connectivity index (χ0n) is 14.8. The summed E-state index contributed by atoms with van der Waals surface area (Å²) in [5.41, 5.74) is 1.46. The number of anilines is 2. The van der Waals surface area contributed by atoms with E-state index in [4.69, 9.17) is 4.74 Å². The molecule has 2 aromatic rings. The fourth-order valence-corrected chi connectivity index (χ4v) is 2.31. The number of nitrogens with one attached hydrogen (secondary N) is 1. The number of nitrogens with zero attached hydrogens (tertiary/aromatic N) is 1. The number of ether oxygens (including phenoxy) is 2. The van der Waals surface area contributed by atoms with E-state index in [0.29, 0.717) is 22.7 Å². The van der Waals surface area contributed by atoms with E-state index in [1.54, 1.807) is 48.5 Å². The highest BCUT2D eigenvalue weighted by atomic mass is 16.5. The molecular formula is C19H20N2O5. The number of esters is 1. The van der Waals surface area contributed by atoms with Gasteiger partial charge in [-0.05, 0) is 36.4 Å². The summed E-state index contributed by atoms with van der Waals surface area (Å²) in [4.78, 5) is 37.0. The third kappa shape index (κ3) is 4.83. The van der Waals surface area contributed by atoms with Gasteiger partial charge < -0.3 is 19.7 Å². The summed E-state index contributed by atoms with van der Waals surface area (Å²) in [7, 11) is 2.83. The van der Waals surface area contributed by atoms with Crippen LogP contribution in [0.2, 0.25) is 0 Å². The van der Waals surface area contributed by atoms with Crippen LogP contribution in [0.4, 0.5) is 11.4 Å². The van der Waals surface area contributed by atoms with Gasteiger partial charge in [-0.1, -0.05) is 6.07 Å². The summed E-state index contributed by atoms with van der Waals surface area (Å²) in [5.74, 6) is -0.500. The zero-order chi connectivity index (χ0) is 19.1. The van der Waals surface area contributed by atoms with Gasteiger partial charge in [0, 0.05) is 24.4 Å². The highest BCUT2D eigenvalue weighted by Crippen LogP contribution is 2.21. The Morgan fingerprint density at radius 2 is 1.73 bits per heavy atom. The Hall–Kier alpha value is -3.35. The molecular weight excluding hydrogens is 336 g/mol. The number of rotatable bonds is 6. The zero-order valence-corrected chi connectivity index (χ0v) is 14.8. The van der Waals surface area contributed by atoms with Crippen molar-refractivity contribution >= 4 is 29.2 Å². The monoisotopic (exact) mass is 356 g/mol. The van der Waals surface area contributed by atoms with Gasteiger partial charge in [0.05, 0.1) is 19.8 Å². The topological polar surface area (TPSA) is 84.9 Å². The number of hydrogen-bond acceptors (Lipinski definition) is 5. The van der Waals surface area contributed by atoms with E-state index in [-0.39, 0.29) is 18.4 Å². The number of carbonyl (C=O) groups excluding carboxylic acids is 3. The van der Waals surface area contributed by atoms with Crippen molar-refractivity contribution in [3.8, 4) is 5.75 Å². The van der Waals surface area contributed by atoms with Gasteiger partial charge in [0.1, 0.15) is 12.3 Å². The molecule has 0 heterocycles. The molecule has 0 saturated carbocycles. The number of amides is 2. The number of benzene rings is 2. The largest absolute Gasteiger partial charge is 0.497 e. The summed E-state index contributed by atoms with van der Waals surface area (Å²) in [5, 5.41) is 2.69. The van der Waals surface area contributed by atoms with Crippen LogP contribution in [0.1, 0.15) is 17.3 Å². The molecule has 0 aliphatic rings. The van der Waals surface area contributed by atoms with E-state index in [1.807, 2.05) is 0 Å². The molecule has 136 valence electrons. The molecule has 2 aromatic carbocycles. The Morgan fingerprint density at radius 1 is 1.04 bits per heavy atom. The SMILES string of the molecule is COC(=O)c1ccc(NC(=O)CN(C(C)=O)c2cccc(OC)c2)cc1. The lowest BCUT2D eigenvalue weighted by Gasteiger charge is -2.21. The van der Waals surface area contributed by atoms with Crippen molar-refractivity contribution in [2.75, 3.05) is 31.0 Å². The van der Waals surface area contributed by atoms with Crippen LogP contribution in [0, 0.1) is 0 Å². The van der Waals surface area contributed by atoms with E-state index >= 15 is 0 Å². The maximum Gasteiger partial charge on any atom is 0.337 e. The molecule has 1 N–H and O–H groups in total. The molecule has 0 aromatic heterocycles. The first-order valence-corrected chi connectivity index (χ1v) is 7.85. The molecule has 26 heavy (non-hydrogen) atoms. The highest BCUT2D eigenvalue weighted by Gasteiger charge is 2.16. The second-order valence-electron chi connectivity index (χ2n) is 5.42. The quantitative estimate of drug-likeness (QED) is 0.804. The lowest BCUT2D eigenvalue weighted by Crippen LogP contribution is -2.36. The molecule has 0 aliphatic heterocycles. The fraction of sp³-hybridized carbons (Fsp3) is 0.211. The van der Waals surface area contributed by atoms with Crippen molar-refractivity contribution in [3.63, 3.8) is 0 Å². The third-order valence-corrected chi connectivity index (χ3v) is 3.64. The summed E-state index contributed by atoms with van der Waals surface area (Å²) in [6.45, 7) is 1.24. The van der Waals surface area contributed by atoms with Crippen molar-refractivity contribution in [2.24, 2.45) is 0 Å². The van der Waals surface area contributed by atoms with Gasteiger partial charge in [0.2, 0.25) is 11.8 Å². The van der Waals surface area contributed by atoms with Crippen molar-refractivity contribution < 1.29 is 23.9 Å². The second kappa shape index (κ2) is 8.66. The van der Waals surface area contributed by atoms with Crippen molar-refractivity contribution in [1.29, 1.82) is 0 Å². The first kappa shape index (κ1) is 19.0. The predicted octanol–water partition coefficient (Wildman–Crippen LogP) is 2.47. The van der Waals surface area contributed by atoms with Crippen LogP contribution < -0.4 is 15.0 Å². The minimum absolute atomic E-state index is 0.152. The average molecular weight is 356 g/mol. The van der Waals surface area contributed by atoms with Crippen LogP contribution in [0.5, 0.6) is 5.75 Å². The molecule has 0 unspecified atom stereocenters. The molecule has 2 amide bonds. The highest BCUT2D eigenvalue weighted by molar-refractivity contribution is 6.02. The molecule has 0 spiro atoms.